The molecule has 0 radical (unpaired) electrons. The second-order valence-electron chi connectivity index (χ2n) is 6.69. The molecular weight excluding hydrogens is 398 g/mol. The van der Waals surface area contributed by atoms with Crippen molar-refractivity contribution in [3.8, 4) is 0 Å². The highest BCUT2D eigenvalue weighted by atomic mass is 32.2. The Morgan fingerprint density at radius 3 is 2.83 bits per heavy atom. The molecule has 3 aromatic heterocycles. The Kier molecular flexibility index (Phi) is 3.95. The fourth-order valence-electron chi connectivity index (χ4n) is 3.26. The van der Waals surface area contributed by atoms with Crippen molar-refractivity contribution < 1.29 is 8.78 Å². The van der Waals surface area contributed by atoms with Crippen LogP contribution in [0.3, 0.4) is 0 Å². The van der Waals surface area contributed by atoms with Crippen LogP contribution in [0.1, 0.15) is 11.4 Å². The zero-order valence-electron chi connectivity index (χ0n) is 15.5. The maximum Gasteiger partial charge on any atom is 0.333 e. The number of hydrogen-bond donors (Lipinski definition) is 1. The van der Waals surface area contributed by atoms with Gasteiger partial charge in [-0.15, -0.1) is 10.2 Å². The molecule has 1 aromatic carbocycles. The van der Waals surface area contributed by atoms with E-state index in [0.29, 0.717) is 16.1 Å². The van der Waals surface area contributed by atoms with E-state index in [0.717, 1.165) is 5.69 Å². The van der Waals surface area contributed by atoms with E-state index in [-0.39, 0.29) is 11.1 Å². The molecule has 11 heteroatoms. The monoisotopic (exact) mass is 414 g/mol. The number of aryl methyl sites for hydroxylation is 1. The Balaban J connectivity index is 1.48. The highest BCUT2D eigenvalue weighted by molar-refractivity contribution is 8.00. The topological polar surface area (TPSA) is 76.7 Å². The fourth-order valence-corrected chi connectivity index (χ4v) is 4.31. The van der Waals surface area contributed by atoms with E-state index in [2.05, 4.69) is 25.6 Å². The summed E-state index contributed by atoms with van der Waals surface area (Å²) in [6.45, 7) is 0. The fraction of sp³-hybridized carbons (Fsp3) is 0.222. The summed E-state index contributed by atoms with van der Waals surface area (Å²) in [7, 11) is 3.52. The van der Waals surface area contributed by atoms with Crippen LogP contribution in [-0.2, 0) is 13.0 Å². The third-order valence-corrected chi connectivity index (χ3v) is 5.84. The molecule has 1 unspecified atom stereocenters. The van der Waals surface area contributed by atoms with E-state index >= 15 is 8.78 Å². The Morgan fingerprint density at radius 1 is 1.17 bits per heavy atom. The van der Waals surface area contributed by atoms with Crippen LogP contribution in [0.2, 0.25) is 0 Å². The lowest BCUT2D eigenvalue weighted by Crippen LogP contribution is -2.41. The van der Waals surface area contributed by atoms with Gasteiger partial charge in [0.25, 0.3) is 0 Å². The molecule has 1 atom stereocenters. The number of halogens is 2. The third-order valence-electron chi connectivity index (χ3n) is 4.73. The molecule has 0 bridgehead atoms. The Bertz CT molecular complexity index is 1200. The van der Waals surface area contributed by atoms with Crippen molar-refractivity contribution in [2.24, 2.45) is 7.05 Å². The summed E-state index contributed by atoms with van der Waals surface area (Å²) in [4.78, 5) is 4.18. The standard InChI is InChI=1S/C18H16F2N8S/c1-26-10-13(9-22-26)23-16-27(2)28-15(24-25-17(28)29-16)18(19,20)12-5-6-14-11(8-12)4-3-7-21-14/h3-10,16,23H,1-2H3. The zero-order valence-corrected chi connectivity index (χ0v) is 16.3. The summed E-state index contributed by atoms with van der Waals surface area (Å²) in [5.41, 5.74) is 0.966. The molecule has 0 spiro atoms. The van der Waals surface area contributed by atoms with Gasteiger partial charge in [0.05, 0.1) is 17.4 Å². The van der Waals surface area contributed by atoms with Gasteiger partial charge in [0.15, 0.2) is 5.50 Å². The average molecular weight is 414 g/mol. The smallest absolute Gasteiger partial charge is 0.333 e. The van der Waals surface area contributed by atoms with Gasteiger partial charge in [-0.2, -0.15) is 13.9 Å². The van der Waals surface area contributed by atoms with Crippen molar-refractivity contribution in [1.82, 2.24) is 29.6 Å². The number of aromatic nitrogens is 6. The summed E-state index contributed by atoms with van der Waals surface area (Å²) in [5, 5.41) is 17.8. The van der Waals surface area contributed by atoms with Gasteiger partial charge in [0.2, 0.25) is 11.0 Å². The number of hydrogen-bond acceptors (Lipinski definition) is 7. The molecule has 0 fully saturated rings. The molecule has 4 heterocycles. The molecule has 29 heavy (non-hydrogen) atoms. The van der Waals surface area contributed by atoms with Gasteiger partial charge in [0.1, 0.15) is 0 Å². The maximum atomic E-state index is 15.4. The number of nitrogens with zero attached hydrogens (tertiary/aromatic N) is 7. The molecule has 5 rings (SSSR count). The summed E-state index contributed by atoms with van der Waals surface area (Å²) < 4.78 is 33.9. The summed E-state index contributed by atoms with van der Waals surface area (Å²) in [6, 6.07) is 7.89. The molecule has 0 saturated heterocycles. The summed E-state index contributed by atoms with van der Waals surface area (Å²) in [6.07, 6.45) is 5.12. The lowest BCUT2D eigenvalue weighted by molar-refractivity contribution is 0.0282. The van der Waals surface area contributed by atoms with E-state index in [1.807, 2.05) is 13.2 Å². The summed E-state index contributed by atoms with van der Waals surface area (Å²) >= 11 is 1.31. The minimum Gasteiger partial charge on any atom is -0.353 e. The molecule has 1 aliphatic heterocycles. The van der Waals surface area contributed by atoms with E-state index in [1.165, 1.54) is 28.6 Å². The molecule has 1 N–H and O–H groups in total. The van der Waals surface area contributed by atoms with Crippen LogP contribution in [-0.4, -0.2) is 42.2 Å². The van der Waals surface area contributed by atoms with E-state index in [1.54, 1.807) is 47.3 Å². The number of rotatable bonds is 4. The van der Waals surface area contributed by atoms with Crippen molar-refractivity contribution in [2.75, 3.05) is 17.4 Å². The number of anilines is 1. The first-order chi connectivity index (χ1) is 13.9. The molecule has 0 saturated carbocycles. The Hall–Kier alpha value is -3.21. The molecule has 8 nitrogen and oxygen atoms in total. The van der Waals surface area contributed by atoms with Gasteiger partial charge in [-0.1, -0.05) is 12.1 Å². The van der Waals surface area contributed by atoms with Crippen LogP contribution < -0.4 is 10.3 Å². The van der Waals surface area contributed by atoms with Crippen molar-refractivity contribution >= 4 is 28.4 Å². The quantitative estimate of drug-likeness (QED) is 0.550. The number of nitrogens with one attached hydrogen (secondary N) is 1. The maximum absolute atomic E-state index is 15.4. The molecule has 148 valence electrons. The van der Waals surface area contributed by atoms with E-state index in [9.17, 15) is 0 Å². The van der Waals surface area contributed by atoms with Crippen LogP contribution in [0.4, 0.5) is 14.5 Å². The SMILES string of the molecule is CN1C(Nc2cnn(C)c2)Sc2nnc(C(F)(F)c3ccc4ncccc4c3)n21. The molecule has 0 aliphatic carbocycles. The number of fused-ring (bicyclic) bond motifs is 2. The van der Waals surface area contributed by atoms with Crippen molar-refractivity contribution in [3.63, 3.8) is 0 Å². The van der Waals surface area contributed by atoms with Crippen molar-refractivity contribution in [3.05, 3.63) is 60.3 Å². The average Bonchev–Trinajstić information content (AvgIpc) is 3.39. The minimum atomic E-state index is -3.33. The second-order valence-corrected chi connectivity index (χ2v) is 7.74. The lowest BCUT2D eigenvalue weighted by Gasteiger charge is -2.26. The lowest BCUT2D eigenvalue weighted by atomic mass is 10.0. The van der Waals surface area contributed by atoms with Gasteiger partial charge in [-0.05, 0) is 30.0 Å². The largest absolute Gasteiger partial charge is 0.353 e. The number of alkyl halides is 2. The highest BCUT2D eigenvalue weighted by Gasteiger charge is 2.45. The van der Waals surface area contributed by atoms with Crippen LogP contribution in [0.15, 0.2) is 54.1 Å². The minimum absolute atomic E-state index is 0.157. The predicted molar refractivity (Wildman–Crippen MR) is 105 cm³/mol. The number of pyridine rings is 1. The van der Waals surface area contributed by atoms with E-state index < -0.39 is 11.7 Å². The van der Waals surface area contributed by atoms with Gasteiger partial charge in [0, 0.05) is 37.4 Å². The van der Waals surface area contributed by atoms with Gasteiger partial charge in [-0.3, -0.25) is 14.7 Å². The Labute approximate surface area is 168 Å². The molecule has 1 aliphatic rings. The zero-order chi connectivity index (χ0) is 20.2. The highest BCUT2D eigenvalue weighted by Crippen LogP contribution is 2.40. The van der Waals surface area contributed by atoms with Crippen LogP contribution in [0.25, 0.3) is 10.9 Å². The third kappa shape index (κ3) is 2.89. The van der Waals surface area contributed by atoms with Crippen LogP contribution >= 0.6 is 11.8 Å². The van der Waals surface area contributed by atoms with Crippen LogP contribution in [0.5, 0.6) is 0 Å². The first-order valence-corrected chi connectivity index (χ1v) is 9.65. The number of thioether (sulfide) groups is 1. The predicted octanol–water partition coefficient (Wildman–Crippen LogP) is 2.77. The van der Waals surface area contributed by atoms with E-state index in [4.69, 9.17) is 0 Å². The van der Waals surface area contributed by atoms with Gasteiger partial charge < -0.3 is 5.32 Å². The van der Waals surface area contributed by atoms with Gasteiger partial charge >= 0.3 is 5.92 Å². The normalized spacial score (nSPS) is 16.4. The van der Waals surface area contributed by atoms with Crippen LogP contribution in [0, 0.1) is 0 Å². The first-order valence-electron chi connectivity index (χ1n) is 8.77. The molecular formula is C18H16F2N8S. The molecule has 0 amide bonds. The first kappa shape index (κ1) is 17.9. The number of benzene rings is 1. The molecule has 4 aromatic rings. The summed E-state index contributed by atoms with van der Waals surface area (Å²) in [5.74, 6) is -3.76. The van der Waals surface area contributed by atoms with Crippen molar-refractivity contribution in [1.29, 1.82) is 0 Å². The Morgan fingerprint density at radius 2 is 2.03 bits per heavy atom. The van der Waals surface area contributed by atoms with Crippen molar-refractivity contribution in [2.45, 2.75) is 16.6 Å². The van der Waals surface area contributed by atoms with Gasteiger partial charge in [-0.25, -0.2) is 4.68 Å². The second kappa shape index (κ2) is 6.41.